The topological polar surface area (TPSA) is 167 Å². The molecule has 0 saturated carbocycles. The molecule has 1 saturated heterocycles. The highest BCUT2D eigenvalue weighted by atomic mass is 127. The van der Waals surface area contributed by atoms with Gasteiger partial charge in [0.1, 0.15) is 18.2 Å². The van der Waals surface area contributed by atoms with Crippen LogP contribution < -0.4 is 10.6 Å². The van der Waals surface area contributed by atoms with E-state index < -0.39 is 60.4 Å². The van der Waals surface area contributed by atoms with Crippen molar-refractivity contribution >= 4 is 69.7 Å². The number of hydrogen-bond donors (Lipinski definition) is 3. The Morgan fingerprint density at radius 1 is 0.866 bits per heavy atom. The molecular formula is C50H76IN5O9S2. The number of methoxy groups -OCH3 is 2. The normalized spacial score (nSPS) is 21.2. The van der Waals surface area contributed by atoms with Gasteiger partial charge in [0.25, 0.3) is 0 Å². The SMILES string of the molecule is CC[C@H](C)[C@@H]([C@@H](CC(=O)N1CCC[C@H]1[C@H](OC)[C@@H](C)C(=O)N[C@H](C)[C@@H](O)c1ccccc1)OC)N(C)C(=O)[C@@H](NC(=O)[C@H](C(C)C)N(C)C(=O)O[C@@H]1CCc2ccccc2[C@H]1SSI)C(C)C. The predicted molar refractivity (Wildman–Crippen MR) is 275 cm³/mol. The number of benzene rings is 2. The smallest absolute Gasteiger partial charge is 0.410 e. The van der Waals surface area contributed by atoms with Crippen molar-refractivity contribution in [2.75, 3.05) is 34.9 Å². The van der Waals surface area contributed by atoms with E-state index in [0.29, 0.717) is 31.4 Å². The van der Waals surface area contributed by atoms with Crippen LogP contribution >= 0.6 is 40.0 Å². The Labute approximate surface area is 419 Å². The fraction of sp³-hybridized carbons (Fsp3) is 0.660. The second kappa shape index (κ2) is 26.8. The average Bonchev–Trinajstić information content (AvgIpc) is 3.80. The largest absolute Gasteiger partial charge is 0.445 e. The molecule has 5 amide bonds. The van der Waals surface area contributed by atoms with Gasteiger partial charge in [-0.15, -0.1) is 0 Å². The summed E-state index contributed by atoms with van der Waals surface area (Å²) in [6.07, 6.45) is 0.272. The first-order valence-corrected chi connectivity index (χ1v) is 28.5. The van der Waals surface area contributed by atoms with Gasteiger partial charge in [-0.25, -0.2) is 4.79 Å². The van der Waals surface area contributed by atoms with Crippen molar-refractivity contribution in [2.24, 2.45) is 23.7 Å². The Morgan fingerprint density at radius 3 is 2.12 bits per heavy atom. The maximum Gasteiger partial charge on any atom is 0.410 e. The monoisotopic (exact) mass is 1080 g/mol. The number of hydrogen-bond acceptors (Lipinski definition) is 11. The van der Waals surface area contributed by atoms with E-state index in [4.69, 9.17) is 14.2 Å². The minimum Gasteiger partial charge on any atom is -0.445 e. The first-order chi connectivity index (χ1) is 31.8. The zero-order valence-corrected chi connectivity index (χ0v) is 45.3. The average molecular weight is 1080 g/mol. The number of aliphatic hydroxyl groups excluding tert-OH is 1. The van der Waals surface area contributed by atoms with Crippen LogP contribution in [0.3, 0.4) is 0 Å². The van der Waals surface area contributed by atoms with E-state index in [0.717, 1.165) is 18.4 Å². The van der Waals surface area contributed by atoms with Crippen LogP contribution in [0.5, 0.6) is 0 Å². The third-order valence-corrected chi connectivity index (χ3v) is 17.4. The molecule has 2 aromatic carbocycles. The number of ether oxygens (including phenoxy) is 3. The number of aliphatic hydroxyl groups is 1. The molecule has 0 spiro atoms. The minimum absolute atomic E-state index is 0.0273. The van der Waals surface area contributed by atoms with Crippen molar-refractivity contribution in [1.29, 1.82) is 0 Å². The number of nitrogens with zero attached hydrogens (tertiary/aromatic N) is 3. The van der Waals surface area contributed by atoms with Gasteiger partial charge < -0.3 is 39.8 Å². The number of halogens is 1. The lowest BCUT2D eigenvalue weighted by Crippen LogP contribution is -2.60. The summed E-state index contributed by atoms with van der Waals surface area (Å²) in [5, 5.41) is 16.8. The van der Waals surface area contributed by atoms with Gasteiger partial charge >= 0.3 is 6.09 Å². The van der Waals surface area contributed by atoms with Crippen LogP contribution in [0, 0.1) is 23.7 Å². The maximum absolute atomic E-state index is 14.7. The lowest BCUT2D eigenvalue weighted by Gasteiger charge is -2.41. The summed E-state index contributed by atoms with van der Waals surface area (Å²) in [4.78, 5) is 75.6. The third-order valence-electron chi connectivity index (χ3n) is 13.9. The van der Waals surface area contributed by atoms with Crippen LogP contribution in [-0.4, -0.2) is 133 Å². The van der Waals surface area contributed by atoms with E-state index >= 15 is 0 Å². The molecule has 2 aliphatic rings. The number of likely N-dealkylation sites (tertiary alicyclic amines) is 1. The Hall–Kier alpha value is -3.10. The first kappa shape index (κ1) is 56.5. The molecule has 12 atom stereocenters. The van der Waals surface area contributed by atoms with Gasteiger partial charge in [0, 0.05) is 56.1 Å². The lowest BCUT2D eigenvalue weighted by atomic mass is 9.89. The number of carbonyl (C=O) groups is 5. The van der Waals surface area contributed by atoms with Crippen molar-refractivity contribution in [1.82, 2.24) is 25.3 Å². The molecule has 2 aromatic rings. The van der Waals surface area contributed by atoms with E-state index in [-0.39, 0.29) is 59.3 Å². The summed E-state index contributed by atoms with van der Waals surface area (Å²) in [6, 6.07) is 14.0. The quantitative estimate of drug-likeness (QED) is 0.0726. The van der Waals surface area contributed by atoms with Gasteiger partial charge in [0.15, 0.2) is 0 Å². The lowest BCUT2D eigenvalue weighted by molar-refractivity contribution is -0.148. The van der Waals surface area contributed by atoms with Crippen molar-refractivity contribution in [2.45, 2.75) is 154 Å². The zero-order chi connectivity index (χ0) is 49.7. The molecule has 1 heterocycles. The number of rotatable bonds is 23. The molecule has 14 nitrogen and oxygen atoms in total. The number of carbonyl (C=O) groups excluding carboxylic acids is 5. The fourth-order valence-electron chi connectivity index (χ4n) is 9.87. The van der Waals surface area contributed by atoms with Crippen molar-refractivity contribution < 1.29 is 43.3 Å². The van der Waals surface area contributed by atoms with Gasteiger partial charge in [-0.1, -0.05) is 120 Å². The zero-order valence-electron chi connectivity index (χ0n) is 41.5. The molecule has 0 aromatic heterocycles. The second-order valence-corrected chi connectivity index (χ2v) is 24.0. The molecule has 17 heteroatoms. The van der Waals surface area contributed by atoms with Crippen molar-refractivity contribution in [3.05, 3.63) is 71.3 Å². The van der Waals surface area contributed by atoms with Crippen molar-refractivity contribution in [3.8, 4) is 0 Å². The highest BCUT2D eigenvalue weighted by Crippen LogP contribution is 2.49. The Kier molecular flexibility index (Phi) is 22.6. The standard InChI is InChI=1S/C50H76IN5O9S2/c1-13-31(6)43(39(63-11)28-40(57)56-27-19-24-37(56)45(64-12)32(7)47(59)52-33(8)44(58)35-21-15-14-16-22-35)54(9)49(61)41(29(2)3)53-48(60)42(30(4)5)55(10)50(62)65-38-26-25-34-20-17-18-23-36(34)46(38)66-67-51/h14-18,20-23,29-33,37-39,41-46,58H,13,19,24-28H2,1-12H3,(H,52,59)(H,53,60)/t31-,32+,33+,37-,38+,39+,41-,42-,43-,44+,45+,46+/m0/s1. The van der Waals surface area contributed by atoms with Gasteiger partial charge in [0.2, 0.25) is 23.6 Å². The predicted octanol–water partition coefficient (Wildman–Crippen LogP) is 8.17. The van der Waals surface area contributed by atoms with Crippen LogP contribution in [0.2, 0.25) is 0 Å². The van der Waals surface area contributed by atoms with Crippen LogP contribution in [0.25, 0.3) is 0 Å². The van der Waals surface area contributed by atoms with Crippen LogP contribution in [-0.2, 0) is 39.8 Å². The molecule has 0 unspecified atom stereocenters. The summed E-state index contributed by atoms with van der Waals surface area (Å²) in [5.74, 6) is -2.64. The molecule has 1 aliphatic carbocycles. The molecule has 0 radical (unpaired) electrons. The van der Waals surface area contributed by atoms with E-state index in [1.165, 1.54) is 10.5 Å². The molecule has 374 valence electrons. The van der Waals surface area contributed by atoms with Gasteiger partial charge in [-0.3, -0.25) is 24.1 Å². The van der Waals surface area contributed by atoms with Crippen LogP contribution in [0.1, 0.15) is 116 Å². The Balaban J connectivity index is 1.47. The van der Waals surface area contributed by atoms with Crippen LogP contribution in [0.15, 0.2) is 54.6 Å². The summed E-state index contributed by atoms with van der Waals surface area (Å²) in [5.41, 5.74) is 3.09. The van der Waals surface area contributed by atoms with Crippen molar-refractivity contribution in [3.63, 3.8) is 0 Å². The number of likely N-dealkylation sites (N-methyl/N-ethyl adjacent to an activating group) is 2. The maximum atomic E-state index is 14.7. The molecule has 67 heavy (non-hydrogen) atoms. The number of nitrogens with one attached hydrogen (secondary N) is 2. The Bertz CT molecular complexity index is 1930. The van der Waals surface area contributed by atoms with Gasteiger partial charge in [-0.2, -0.15) is 0 Å². The molecular weight excluding hydrogens is 1010 g/mol. The number of fused-ring (bicyclic) bond motifs is 1. The van der Waals surface area contributed by atoms with Crippen LogP contribution in [0.4, 0.5) is 4.79 Å². The molecule has 4 rings (SSSR count). The molecule has 1 aliphatic heterocycles. The molecule has 0 bridgehead atoms. The first-order valence-electron chi connectivity index (χ1n) is 23.7. The van der Waals surface area contributed by atoms with E-state index in [2.05, 4.69) is 44.0 Å². The van der Waals surface area contributed by atoms with Gasteiger partial charge in [0.05, 0.1) is 54.0 Å². The summed E-state index contributed by atoms with van der Waals surface area (Å²) in [6.45, 7) is 15.5. The fourth-order valence-corrected chi connectivity index (χ4v) is 13.5. The van der Waals surface area contributed by atoms with Gasteiger partial charge in [-0.05, 0) is 75.0 Å². The minimum atomic E-state index is -0.950. The van der Waals surface area contributed by atoms with E-state index in [1.807, 2.05) is 84.0 Å². The summed E-state index contributed by atoms with van der Waals surface area (Å²) >= 11 is 2.24. The third kappa shape index (κ3) is 14.3. The Morgan fingerprint density at radius 2 is 1.52 bits per heavy atom. The summed E-state index contributed by atoms with van der Waals surface area (Å²) in [7, 11) is 9.60. The van der Waals surface area contributed by atoms with E-state index in [1.54, 1.807) is 70.7 Å². The second-order valence-electron chi connectivity index (χ2n) is 19.0. The molecule has 1 fully saturated rings. The highest BCUT2D eigenvalue weighted by molar-refractivity contribution is 14.2. The highest BCUT2D eigenvalue weighted by Gasteiger charge is 2.44. The number of aryl methyl sites for hydroxylation is 1. The summed E-state index contributed by atoms with van der Waals surface area (Å²) < 4.78 is 18.2. The number of amides is 5. The van der Waals surface area contributed by atoms with E-state index in [9.17, 15) is 29.1 Å². The molecule has 3 N–H and O–H groups in total.